The first-order valence-electron chi connectivity index (χ1n) is 11.8. The summed E-state index contributed by atoms with van der Waals surface area (Å²) < 4.78 is 26.1. The second-order valence-corrected chi connectivity index (χ2v) is 12.2. The maximum Gasteiger partial charge on any atom is 0.242 e. The van der Waals surface area contributed by atoms with Crippen molar-refractivity contribution in [1.29, 1.82) is 0 Å². The van der Waals surface area contributed by atoms with Gasteiger partial charge in [0.2, 0.25) is 21.8 Å². The van der Waals surface area contributed by atoms with Crippen LogP contribution in [0.2, 0.25) is 20.1 Å². The Morgan fingerprint density at radius 1 is 0.973 bits per heavy atom. The van der Waals surface area contributed by atoms with Crippen LogP contribution in [-0.2, 0) is 26.2 Å². The van der Waals surface area contributed by atoms with Crippen LogP contribution in [0.4, 0.5) is 5.69 Å². The Morgan fingerprint density at radius 3 is 2.27 bits per heavy atom. The number of nitrogens with zero attached hydrogens (tertiary/aromatic N) is 2. The van der Waals surface area contributed by atoms with Gasteiger partial charge in [0.15, 0.2) is 0 Å². The maximum absolute atomic E-state index is 13.3. The molecule has 0 unspecified atom stereocenters. The number of hydrogen-bond acceptors (Lipinski definition) is 4. The molecule has 0 fully saturated rings. The summed E-state index contributed by atoms with van der Waals surface area (Å²) in [6.07, 6.45) is 3.00. The van der Waals surface area contributed by atoms with Crippen molar-refractivity contribution in [3.63, 3.8) is 0 Å². The van der Waals surface area contributed by atoms with E-state index in [1.807, 2.05) is 6.92 Å². The van der Waals surface area contributed by atoms with E-state index < -0.39 is 16.1 Å². The van der Waals surface area contributed by atoms with Crippen LogP contribution >= 0.6 is 46.4 Å². The van der Waals surface area contributed by atoms with E-state index in [1.54, 1.807) is 31.2 Å². The summed E-state index contributed by atoms with van der Waals surface area (Å²) in [6, 6.07) is 8.80. The number of anilines is 1. The van der Waals surface area contributed by atoms with Gasteiger partial charge >= 0.3 is 0 Å². The van der Waals surface area contributed by atoms with Gasteiger partial charge in [-0.15, -0.1) is 0 Å². The van der Waals surface area contributed by atoms with Gasteiger partial charge in [-0.25, -0.2) is 8.42 Å². The summed E-state index contributed by atoms with van der Waals surface area (Å²) in [5.74, 6) is -0.583. The van der Waals surface area contributed by atoms with E-state index in [0.29, 0.717) is 27.2 Å². The summed E-state index contributed by atoms with van der Waals surface area (Å²) >= 11 is 24.4. The SMILES string of the molecule is CCCCNC(=O)[C@H](C)N(Cc1ccc(Cl)c(Cl)c1)C(=O)CCCN(c1cc(Cl)ccc1Cl)S(C)(=O)=O. The molecule has 0 aliphatic carbocycles. The number of nitrogens with one attached hydrogen (secondary N) is 1. The fourth-order valence-corrected chi connectivity index (χ4v) is 5.34. The normalized spacial score (nSPS) is 12.2. The van der Waals surface area contributed by atoms with Crippen LogP contribution in [0.1, 0.15) is 45.1 Å². The number of rotatable bonds is 13. The Morgan fingerprint density at radius 2 is 1.65 bits per heavy atom. The van der Waals surface area contributed by atoms with Crippen LogP contribution in [0.25, 0.3) is 0 Å². The number of carbonyl (C=O) groups is 2. The first-order valence-corrected chi connectivity index (χ1v) is 15.1. The first kappa shape index (κ1) is 31.5. The molecule has 37 heavy (non-hydrogen) atoms. The van der Waals surface area contributed by atoms with E-state index in [1.165, 1.54) is 17.0 Å². The van der Waals surface area contributed by atoms with Gasteiger partial charge < -0.3 is 10.2 Å². The predicted octanol–water partition coefficient (Wildman–Crippen LogP) is 6.18. The van der Waals surface area contributed by atoms with E-state index in [2.05, 4.69) is 5.32 Å². The first-order chi connectivity index (χ1) is 17.3. The van der Waals surface area contributed by atoms with Crippen molar-refractivity contribution in [3.8, 4) is 0 Å². The molecule has 0 saturated carbocycles. The van der Waals surface area contributed by atoms with Gasteiger partial charge in [0.25, 0.3) is 0 Å². The molecule has 1 atom stereocenters. The summed E-state index contributed by atoms with van der Waals surface area (Å²) in [5, 5.41) is 4.14. The van der Waals surface area contributed by atoms with Gasteiger partial charge in [0.05, 0.1) is 27.0 Å². The van der Waals surface area contributed by atoms with E-state index in [-0.39, 0.29) is 48.5 Å². The quantitative estimate of drug-likeness (QED) is 0.274. The van der Waals surface area contributed by atoms with Crippen LogP contribution in [0.5, 0.6) is 0 Å². The molecule has 12 heteroatoms. The number of carbonyl (C=O) groups excluding carboxylic acids is 2. The Labute approximate surface area is 239 Å². The minimum Gasteiger partial charge on any atom is -0.354 e. The molecule has 0 radical (unpaired) electrons. The highest BCUT2D eigenvalue weighted by Gasteiger charge is 2.27. The summed E-state index contributed by atoms with van der Waals surface area (Å²) in [6.45, 7) is 4.33. The summed E-state index contributed by atoms with van der Waals surface area (Å²) in [5.41, 5.74) is 0.944. The molecule has 0 spiro atoms. The van der Waals surface area contributed by atoms with E-state index in [4.69, 9.17) is 46.4 Å². The highest BCUT2D eigenvalue weighted by molar-refractivity contribution is 7.92. The number of unbranched alkanes of at least 4 members (excludes halogenated alkanes) is 1. The van der Waals surface area contributed by atoms with Crippen LogP contribution in [-0.4, -0.2) is 50.5 Å². The molecule has 2 aromatic rings. The third-order valence-corrected chi connectivity index (χ3v) is 8.14. The molecule has 2 amide bonds. The minimum absolute atomic E-state index is 0.00188. The second-order valence-electron chi connectivity index (χ2n) is 8.63. The van der Waals surface area contributed by atoms with Gasteiger partial charge in [-0.1, -0.05) is 65.8 Å². The lowest BCUT2D eigenvalue weighted by molar-refractivity contribution is -0.140. The molecule has 7 nitrogen and oxygen atoms in total. The average molecular weight is 611 g/mol. The summed E-state index contributed by atoms with van der Waals surface area (Å²) in [7, 11) is -3.70. The fourth-order valence-electron chi connectivity index (χ4n) is 3.61. The van der Waals surface area contributed by atoms with Crippen molar-refractivity contribution < 1.29 is 18.0 Å². The second kappa shape index (κ2) is 14.4. The molecule has 204 valence electrons. The Hall–Kier alpha value is -1.71. The lowest BCUT2D eigenvalue weighted by Gasteiger charge is -2.29. The Kier molecular flexibility index (Phi) is 12.3. The van der Waals surface area contributed by atoms with Gasteiger partial charge in [0, 0.05) is 31.1 Å². The van der Waals surface area contributed by atoms with Crippen molar-refractivity contribution in [2.24, 2.45) is 0 Å². The molecular formula is C25H31Cl4N3O4S. The molecule has 1 N–H and O–H groups in total. The molecule has 0 bridgehead atoms. The van der Waals surface area contributed by atoms with Crippen LogP contribution in [0.15, 0.2) is 36.4 Å². The van der Waals surface area contributed by atoms with Crippen molar-refractivity contribution in [2.45, 2.75) is 52.1 Å². The zero-order valence-corrected chi connectivity index (χ0v) is 24.8. The molecule has 2 rings (SSSR count). The number of hydrogen-bond donors (Lipinski definition) is 1. The fraction of sp³-hybridized carbons (Fsp3) is 0.440. The van der Waals surface area contributed by atoms with E-state index in [9.17, 15) is 18.0 Å². The molecular weight excluding hydrogens is 580 g/mol. The Balaban J connectivity index is 2.21. The number of benzene rings is 2. The van der Waals surface area contributed by atoms with Crippen LogP contribution in [0, 0.1) is 0 Å². The monoisotopic (exact) mass is 609 g/mol. The topological polar surface area (TPSA) is 86.8 Å². The van der Waals surface area contributed by atoms with Crippen LogP contribution < -0.4 is 9.62 Å². The van der Waals surface area contributed by atoms with Crippen molar-refractivity contribution in [1.82, 2.24) is 10.2 Å². The molecule has 0 heterocycles. The highest BCUT2D eigenvalue weighted by Crippen LogP contribution is 2.31. The Bertz CT molecular complexity index is 1210. The van der Waals surface area contributed by atoms with Gasteiger partial charge in [-0.2, -0.15) is 0 Å². The van der Waals surface area contributed by atoms with E-state index >= 15 is 0 Å². The number of amides is 2. The highest BCUT2D eigenvalue weighted by atomic mass is 35.5. The lowest BCUT2D eigenvalue weighted by Crippen LogP contribution is -2.48. The van der Waals surface area contributed by atoms with Gasteiger partial charge in [-0.05, 0) is 55.7 Å². The lowest BCUT2D eigenvalue weighted by atomic mass is 10.1. The third kappa shape index (κ3) is 9.52. The third-order valence-electron chi connectivity index (χ3n) is 5.66. The molecule has 0 aliphatic rings. The molecule has 0 aliphatic heterocycles. The minimum atomic E-state index is -3.70. The van der Waals surface area contributed by atoms with Crippen molar-refractivity contribution >= 4 is 73.9 Å². The van der Waals surface area contributed by atoms with Crippen molar-refractivity contribution in [3.05, 3.63) is 62.1 Å². The van der Waals surface area contributed by atoms with Gasteiger partial charge in [0.1, 0.15) is 6.04 Å². The van der Waals surface area contributed by atoms with Crippen LogP contribution in [0.3, 0.4) is 0 Å². The molecule has 0 saturated heterocycles. The van der Waals surface area contributed by atoms with Crippen molar-refractivity contribution in [2.75, 3.05) is 23.7 Å². The maximum atomic E-state index is 13.3. The smallest absolute Gasteiger partial charge is 0.242 e. The number of halogens is 4. The zero-order chi connectivity index (χ0) is 27.8. The summed E-state index contributed by atoms with van der Waals surface area (Å²) in [4.78, 5) is 27.6. The van der Waals surface area contributed by atoms with Gasteiger partial charge in [-0.3, -0.25) is 13.9 Å². The standard InChI is InChI=1S/C25H31Cl4N3O4S/c1-4-5-12-30-25(34)17(2)31(16-18-8-10-20(27)22(29)14-18)24(33)7-6-13-32(37(3,35)36)23-15-19(26)9-11-21(23)28/h8-11,14-15,17H,4-7,12-13,16H2,1-3H3,(H,30,34)/t17-/m0/s1. The zero-order valence-electron chi connectivity index (χ0n) is 20.9. The predicted molar refractivity (Wildman–Crippen MR) is 152 cm³/mol. The average Bonchev–Trinajstić information content (AvgIpc) is 2.83. The molecule has 2 aromatic carbocycles. The molecule has 0 aromatic heterocycles. The largest absolute Gasteiger partial charge is 0.354 e. The van der Waals surface area contributed by atoms with E-state index in [0.717, 1.165) is 23.4 Å². The number of sulfonamides is 1.